The lowest BCUT2D eigenvalue weighted by Gasteiger charge is -2.12. The van der Waals surface area contributed by atoms with Crippen LogP contribution in [0.2, 0.25) is 5.02 Å². The summed E-state index contributed by atoms with van der Waals surface area (Å²) >= 11 is 5.45. The number of amides is 1. The van der Waals surface area contributed by atoms with E-state index in [-0.39, 0.29) is 11.3 Å². The van der Waals surface area contributed by atoms with Crippen LogP contribution in [0.25, 0.3) is 0 Å². The molecular formula is C10H6ClF3N2O2. The smallest absolute Gasteiger partial charge is 0.417 e. The number of hydrogen-bond acceptors (Lipinski definition) is 3. The van der Waals surface area contributed by atoms with E-state index >= 15 is 0 Å². The predicted octanol–water partition coefficient (Wildman–Crippen LogP) is 3.41. The lowest BCUT2D eigenvalue weighted by Crippen LogP contribution is -2.13. The van der Waals surface area contributed by atoms with Crippen molar-refractivity contribution in [3.63, 3.8) is 0 Å². The molecule has 0 atom stereocenters. The van der Waals surface area contributed by atoms with Gasteiger partial charge in [-0.3, -0.25) is 5.32 Å². The van der Waals surface area contributed by atoms with E-state index in [1.807, 2.05) is 0 Å². The molecular weight excluding hydrogens is 273 g/mol. The first-order valence-electron chi connectivity index (χ1n) is 4.45. The third-order valence-electron chi connectivity index (χ3n) is 1.96. The Hall–Kier alpha value is -1.94. The number of anilines is 1. The van der Waals surface area contributed by atoms with Crippen molar-refractivity contribution >= 4 is 23.4 Å². The van der Waals surface area contributed by atoms with Gasteiger partial charge in [0.1, 0.15) is 6.07 Å². The maximum atomic E-state index is 12.5. The number of hydrogen-bond donors (Lipinski definition) is 1. The maximum Gasteiger partial charge on any atom is 0.417 e. The third-order valence-corrected chi connectivity index (χ3v) is 2.27. The summed E-state index contributed by atoms with van der Waals surface area (Å²) in [6.45, 7) is 0. The van der Waals surface area contributed by atoms with E-state index in [0.29, 0.717) is 6.07 Å². The molecule has 8 heteroatoms. The van der Waals surface area contributed by atoms with Gasteiger partial charge in [-0.25, -0.2) is 4.79 Å². The van der Waals surface area contributed by atoms with E-state index in [1.54, 1.807) is 0 Å². The summed E-state index contributed by atoms with van der Waals surface area (Å²) in [5.74, 6) is 0. The van der Waals surface area contributed by atoms with Crippen molar-refractivity contribution in [1.29, 1.82) is 5.26 Å². The molecule has 0 unspecified atom stereocenters. The number of benzene rings is 1. The van der Waals surface area contributed by atoms with Gasteiger partial charge in [0, 0.05) is 0 Å². The van der Waals surface area contributed by atoms with Crippen molar-refractivity contribution < 1.29 is 22.7 Å². The second-order valence-electron chi connectivity index (χ2n) is 3.10. The number of ether oxygens (including phenoxy) is 1. The second kappa shape index (κ2) is 5.14. The number of halogens is 4. The number of nitriles is 1. The van der Waals surface area contributed by atoms with Crippen molar-refractivity contribution in [2.45, 2.75) is 6.18 Å². The number of nitrogens with one attached hydrogen (secondary N) is 1. The molecule has 0 spiro atoms. The zero-order valence-electron chi connectivity index (χ0n) is 8.93. The number of carbonyl (C=O) groups is 1. The number of methoxy groups -OCH3 is 1. The fourth-order valence-electron chi connectivity index (χ4n) is 1.15. The van der Waals surface area contributed by atoms with Gasteiger partial charge in [0.05, 0.1) is 28.9 Å². The topological polar surface area (TPSA) is 62.1 Å². The molecule has 0 aliphatic carbocycles. The highest BCUT2D eigenvalue weighted by Gasteiger charge is 2.34. The predicted molar refractivity (Wildman–Crippen MR) is 57.2 cm³/mol. The SMILES string of the molecule is COC(=O)Nc1cc(Cl)c(C(F)(F)F)cc1C#N. The molecule has 4 nitrogen and oxygen atoms in total. The Morgan fingerprint density at radius 2 is 2.11 bits per heavy atom. The van der Waals surface area contributed by atoms with Gasteiger partial charge in [-0.1, -0.05) is 11.6 Å². The van der Waals surface area contributed by atoms with Gasteiger partial charge >= 0.3 is 12.3 Å². The molecule has 1 rings (SSSR count). The van der Waals surface area contributed by atoms with Gasteiger partial charge in [0.2, 0.25) is 0 Å². The first-order valence-corrected chi connectivity index (χ1v) is 4.83. The average Bonchev–Trinajstić information content (AvgIpc) is 2.27. The summed E-state index contributed by atoms with van der Waals surface area (Å²) in [5.41, 5.74) is -1.66. The molecule has 96 valence electrons. The minimum atomic E-state index is -4.67. The molecule has 1 amide bonds. The molecule has 0 saturated heterocycles. The Balaban J connectivity index is 3.29. The zero-order chi connectivity index (χ0) is 13.9. The molecule has 1 aromatic rings. The van der Waals surface area contributed by atoms with Crippen LogP contribution in [0.3, 0.4) is 0 Å². The van der Waals surface area contributed by atoms with E-state index < -0.39 is 22.9 Å². The van der Waals surface area contributed by atoms with E-state index in [1.165, 1.54) is 6.07 Å². The quantitative estimate of drug-likeness (QED) is 0.856. The van der Waals surface area contributed by atoms with Gasteiger partial charge in [-0.05, 0) is 12.1 Å². The summed E-state index contributed by atoms with van der Waals surface area (Å²) in [5, 5.41) is 10.2. The molecule has 0 aliphatic heterocycles. The fraction of sp³-hybridized carbons (Fsp3) is 0.200. The highest BCUT2D eigenvalue weighted by Crippen LogP contribution is 2.37. The van der Waals surface area contributed by atoms with Crippen molar-refractivity contribution in [3.8, 4) is 6.07 Å². The standard InChI is InChI=1S/C10H6ClF3N2O2/c1-18-9(17)16-8-3-7(11)6(10(12,13)14)2-5(8)4-15/h2-3H,1H3,(H,16,17). The Labute approximate surface area is 105 Å². The zero-order valence-corrected chi connectivity index (χ0v) is 9.69. The minimum Gasteiger partial charge on any atom is -0.453 e. The van der Waals surface area contributed by atoms with Crippen LogP contribution in [0.1, 0.15) is 11.1 Å². The number of alkyl halides is 3. The van der Waals surface area contributed by atoms with Gasteiger partial charge in [0.25, 0.3) is 0 Å². The third kappa shape index (κ3) is 3.05. The first kappa shape index (κ1) is 14.1. The Kier molecular flexibility index (Phi) is 4.03. The monoisotopic (exact) mass is 278 g/mol. The van der Waals surface area contributed by atoms with E-state index in [9.17, 15) is 18.0 Å². The Morgan fingerprint density at radius 1 is 1.50 bits per heavy atom. The van der Waals surface area contributed by atoms with E-state index in [4.69, 9.17) is 16.9 Å². The van der Waals surface area contributed by atoms with Crippen LogP contribution in [-0.2, 0) is 10.9 Å². The van der Waals surface area contributed by atoms with Crippen LogP contribution in [0.4, 0.5) is 23.7 Å². The van der Waals surface area contributed by atoms with Crippen LogP contribution in [0, 0.1) is 11.3 Å². The fourth-order valence-corrected chi connectivity index (χ4v) is 1.42. The summed E-state index contributed by atoms with van der Waals surface area (Å²) in [4.78, 5) is 10.9. The molecule has 0 heterocycles. The second-order valence-corrected chi connectivity index (χ2v) is 3.51. The average molecular weight is 279 g/mol. The van der Waals surface area contributed by atoms with Gasteiger partial charge in [0.15, 0.2) is 0 Å². The van der Waals surface area contributed by atoms with E-state index in [2.05, 4.69) is 10.1 Å². The number of rotatable bonds is 1. The summed E-state index contributed by atoms with van der Waals surface area (Å²) < 4.78 is 41.8. The molecule has 0 fully saturated rings. The van der Waals surface area contributed by atoms with E-state index in [0.717, 1.165) is 13.2 Å². The Bertz CT molecular complexity index is 523. The van der Waals surface area contributed by atoms with Gasteiger partial charge in [-0.15, -0.1) is 0 Å². The van der Waals surface area contributed by atoms with Crippen molar-refractivity contribution in [3.05, 3.63) is 28.3 Å². The molecule has 1 N–H and O–H groups in total. The highest BCUT2D eigenvalue weighted by atomic mass is 35.5. The number of nitrogens with zero attached hydrogens (tertiary/aromatic N) is 1. The van der Waals surface area contributed by atoms with Crippen LogP contribution in [-0.4, -0.2) is 13.2 Å². The minimum absolute atomic E-state index is 0.151. The summed E-state index contributed by atoms with van der Waals surface area (Å²) in [6.07, 6.45) is -5.59. The molecule has 0 radical (unpaired) electrons. The lowest BCUT2D eigenvalue weighted by molar-refractivity contribution is -0.137. The van der Waals surface area contributed by atoms with Crippen molar-refractivity contribution in [1.82, 2.24) is 0 Å². The molecule has 0 bridgehead atoms. The first-order chi connectivity index (χ1) is 8.29. The van der Waals surface area contributed by atoms with Crippen LogP contribution >= 0.6 is 11.6 Å². The van der Waals surface area contributed by atoms with Crippen LogP contribution < -0.4 is 5.32 Å². The Morgan fingerprint density at radius 3 is 2.56 bits per heavy atom. The molecule has 18 heavy (non-hydrogen) atoms. The highest BCUT2D eigenvalue weighted by molar-refractivity contribution is 6.31. The van der Waals surface area contributed by atoms with Gasteiger partial charge in [-0.2, -0.15) is 18.4 Å². The summed E-state index contributed by atoms with van der Waals surface area (Å²) in [6, 6.07) is 2.95. The normalized spacial score (nSPS) is 10.7. The van der Waals surface area contributed by atoms with Crippen LogP contribution in [0.15, 0.2) is 12.1 Å². The maximum absolute atomic E-state index is 12.5. The van der Waals surface area contributed by atoms with Crippen LogP contribution in [0.5, 0.6) is 0 Å². The molecule has 0 aromatic heterocycles. The lowest BCUT2D eigenvalue weighted by atomic mass is 10.1. The molecule has 0 aliphatic rings. The molecule has 1 aromatic carbocycles. The van der Waals surface area contributed by atoms with Gasteiger partial charge < -0.3 is 4.74 Å². The largest absolute Gasteiger partial charge is 0.453 e. The van der Waals surface area contributed by atoms with Crippen molar-refractivity contribution in [2.75, 3.05) is 12.4 Å². The molecule has 0 saturated carbocycles. The number of carbonyl (C=O) groups excluding carboxylic acids is 1. The summed E-state index contributed by atoms with van der Waals surface area (Å²) in [7, 11) is 1.08. The van der Waals surface area contributed by atoms with Crippen molar-refractivity contribution in [2.24, 2.45) is 0 Å².